The van der Waals surface area contributed by atoms with Crippen LogP contribution < -0.4 is 5.26 Å². The van der Waals surface area contributed by atoms with Gasteiger partial charge in [-0.3, -0.25) is 0 Å². The van der Waals surface area contributed by atoms with E-state index in [1.54, 1.807) is 0 Å². The lowest BCUT2D eigenvalue weighted by Gasteiger charge is -2.28. The van der Waals surface area contributed by atoms with Gasteiger partial charge in [0.25, 0.3) is 0 Å². The summed E-state index contributed by atoms with van der Waals surface area (Å²) < 4.78 is 81.2. The van der Waals surface area contributed by atoms with Crippen LogP contribution in [0.5, 0.6) is 0 Å². The summed E-state index contributed by atoms with van der Waals surface area (Å²) in [4.78, 5) is 2.31. The molecule has 0 aliphatic heterocycles. The number of halogens is 7. The van der Waals surface area contributed by atoms with E-state index in [-0.39, 0.29) is 0 Å². The Morgan fingerprint density at radius 3 is 1.54 bits per heavy atom. The van der Waals surface area contributed by atoms with Crippen LogP contribution in [-0.4, -0.2) is 24.6 Å². The molecule has 0 aromatic rings. The van der Waals surface area contributed by atoms with E-state index < -0.39 is 24.6 Å². The van der Waals surface area contributed by atoms with Gasteiger partial charge in [-0.05, 0) is 0 Å². The number of hydrogen-bond acceptors (Lipinski definition) is 2. The van der Waals surface area contributed by atoms with Crippen LogP contribution in [0.15, 0.2) is 0 Å². The van der Waals surface area contributed by atoms with Gasteiger partial charge in [0.05, 0.1) is 0 Å². The maximum absolute atomic E-state index is 11.9. The highest BCUT2D eigenvalue weighted by atomic mass is 19.4. The van der Waals surface area contributed by atoms with Gasteiger partial charge in [0.15, 0.2) is 0 Å². The van der Waals surface area contributed by atoms with Crippen molar-refractivity contribution in [2.45, 2.75) is 18.0 Å². The fourth-order valence-corrected chi connectivity index (χ4v) is 0.372. The van der Waals surface area contributed by atoms with Crippen molar-refractivity contribution in [1.82, 2.24) is 0 Å². The van der Waals surface area contributed by atoms with Crippen molar-refractivity contribution in [3.63, 3.8) is 0 Å². The fraction of sp³-hybridized carbons (Fsp3) is 1.00. The van der Waals surface area contributed by atoms with Crippen LogP contribution in [0.4, 0.5) is 30.7 Å². The highest BCUT2D eigenvalue weighted by molar-refractivity contribution is 4.90. The van der Waals surface area contributed by atoms with Crippen molar-refractivity contribution in [1.29, 1.82) is 0 Å². The molecule has 0 rings (SSSR count). The fourth-order valence-electron chi connectivity index (χ4n) is 0.372. The average molecular weight is 215 g/mol. The van der Waals surface area contributed by atoms with Gasteiger partial charge >= 0.3 is 18.0 Å². The molecule has 0 radical (unpaired) electrons. The van der Waals surface area contributed by atoms with Crippen LogP contribution in [0.1, 0.15) is 0 Å². The highest BCUT2D eigenvalue weighted by Gasteiger charge is 2.72. The van der Waals surface area contributed by atoms with Crippen LogP contribution in [0.25, 0.3) is 0 Å². The number of hydrogen-bond donors (Lipinski definition) is 0. The lowest BCUT2D eigenvalue weighted by molar-refractivity contribution is -0.697. The summed E-state index contributed by atoms with van der Waals surface area (Å²) in [7, 11) is 0. The van der Waals surface area contributed by atoms with Gasteiger partial charge in [0.2, 0.25) is 0 Å². The van der Waals surface area contributed by atoms with Crippen LogP contribution >= 0.6 is 0 Å². The summed E-state index contributed by atoms with van der Waals surface area (Å²) >= 11 is 0. The van der Waals surface area contributed by atoms with Gasteiger partial charge in [-0.1, -0.05) is 0 Å². The molecule has 0 unspecified atom stereocenters. The minimum Gasteiger partial charge on any atom is -0.723 e. The van der Waals surface area contributed by atoms with E-state index in [1.807, 2.05) is 0 Å². The van der Waals surface area contributed by atoms with Crippen molar-refractivity contribution in [3.05, 3.63) is 0 Å². The first-order valence-electron chi connectivity index (χ1n) is 2.63. The Labute approximate surface area is 66.8 Å². The molecule has 0 saturated carbocycles. The second-order valence-corrected chi connectivity index (χ2v) is 2.04. The Hall–Kier alpha value is -0.570. The zero-order chi connectivity index (χ0) is 10.9. The Balaban J connectivity index is 4.81. The third-order valence-corrected chi connectivity index (χ3v) is 1.06. The van der Waals surface area contributed by atoms with Gasteiger partial charge in [-0.15, -0.1) is 0 Å². The summed E-state index contributed by atoms with van der Waals surface area (Å²) in [5.41, 5.74) is 0. The molecule has 0 saturated heterocycles. The minimum absolute atomic E-state index is 2.31. The first kappa shape index (κ1) is 12.4. The van der Waals surface area contributed by atoms with E-state index in [0.29, 0.717) is 0 Å². The van der Waals surface area contributed by atoms with Gasteiger partial charge < -0.3 is 10.1 Å². The quantitative estimate of drug-likeness (QED) is 0.401. The molecular formula is C4H2F7O2-. The second kappa shape index (κ2) is 3.29. The summed E-state index contributed by atoms with van der Waals surface area (Å²) in [5.74, 6) is -11.8. The van der Waals surface area contributed by atoms with Gasteiger partial charge in [-0.25, -0.2) is 0 Å². The molecule has 0 amide bonds. The van der Waals surface area contributed by atoms with Crippen LogP contribution in [-0.2, 0) is 4.89 Å². The molecule has 0 aliphatic carbocycles. The van der Waals surface area contributed by atoms with Crippen LogP contribution in [0.2, 0.25) is 0 Å². The minimum atomic E-state index is -6.42. The molecule has 0 aromatic carbocycles. The van der Waals surface area contributed by atoms with E-state index in [4.69, 9.17) is 5.26 Å². The third-order valence-electron chi connectivity index (χ3n) is 1.06. The first-order chi connectivity index (χ1) is 5.56. The molecule has 0 aromatic heterocycles. The predicted molar refractivity (Wildman–Crippen MR) is 21.9 cm³/mol. The molecule has 0 heterocycles. The normalized spacial score (nSPS) is 14.8. The maximum Gasteiger partial charge on any atom is 0.459 e. The molecule has 0 spiro atoms. The molecule has 9 heteroatoms. The SMILES string of the molecule is [O-]OCC(F)(F)C(F)(F)C(F)(F)F. The Morgan fingerprint density at radius 2 is 1.31 bits per heavy atom. The average Bonchev–Trinajstić information content (AvgIpc) is 1.84. The zero-order valence-corrected chi connectivity index (χ0v) is 5.67. The highest BCUT2D eigenvalue weighted by Crippen LogP contribution is 2.46. The van der Waals surface area contributed by atoms with Crippen molar-refractivity contribution >= 4 is 0 Å². The summed E-state index contributed by atoms with van der Waals surface area (Å²) in [6.07, 6.45) is -6.42. The van der Waals surface area contributed by atoms with Crippen LogP contribution in [0.3, 0.4) is 0 Å². The smallest absolute Gasteiger partial charge is 0.459 e. The van der Waals surface area contributed by atoms with E-state index in [0.717, 1.165) is 0 Å². The molecule has 0 aliphatic rings. The van der Waals surface area contributed by atoms with Crippen molar-refractivity contribution in [2.75, 3.05) is 6.61 Å². The third kappa shape index (κ3) is 2.21. The zero-order valence-electron chi connectivity index (χ0n) is 5.67. The van der Waals surface area contributed by atoms with Crippen molar-refractivity contribution in [2.24, 2.45) is 0 Å². The molecule has 80 valence electrons. The lowest BCUT2D eigenvalue weighted by atomic mass is 10.2. The molecule has 13 heavy (non-hydrogen) atoms. The monoisotopic (exact) mass is 215 g/mol. The van der Waals surface area contributed by atoms with E-state index in [2.05, 4.69) is 4.89 Å². The Bertz CT molecular complexity index is 174. The molecule has 0 atom stereocenters. The topological polar surface area (TPSA) is 32.3 Å². The second-order valence-electron chi connectivity index (χ2n) is 2.04. The van der Waals surface area contributed by atoms with Gasteiger partial charge in [0, 0.05) is 0 Å². The van der Waals surface area contributed by atoms with Gasteiger partial charge in [-0.2, -0.15) is 30.7 Å². The molecular weight excluding hydrogens is 213 g/mol. The number of alkyl halides is 7. The van der Waals surface area contributed by atoms with Gasteiger partial charge in [0.1, 0.15) is 6.61 Å². The molecule has 0 N–H and O–H groups in total. The largest absolute Gasteiger partial charge is 0.723 e. The Kier molecular flexibility index (Phi) is 3.15. The summed E-state index contributed by atoms with van der Waals surface area (Å²) in [6.45, 7) is -2.54. The molecule has 2 nitrogen and oxygen atoms in total. The Morgan fingerprint density at radius 1 is 0.923 bits per heavy atom. The lowest BCUT2D eigenvalue weighted by Crippen LogP contribution is -2.54. The predicted octanol–water partition coefficient (Wildman–Crippen LogP) is 1.11. The van der Waals surface area contributed by atoms with E-state index in [9.17, 15) is 30.7 Å². The standard InChI is InChI=1S/C4H3F7O2/c5-2(6,1-13-12)3(7,8)4(9,10)11/h12H,1H2/p-1. The van der Waals surface area contributed by atoms with Crippen molar-refractivity contribution in [3.8, 4) is 0 Å². The molecule has 0 bridgehead atoms. The first-order valence-corrected chi connectivity index (χ1v) is 2.63. The van der Waals surface area contributed by atoms with Crippen molar-refractivity contribution < 1.29 is 40.9 Å². The summed E-state index contributed by atoms with van der Waals surface area (Å²) in [6, 6.07) is 0. The summed E-state index contributed by atoms with van der Waals surface area (Å²) in [5, 5.41) is 9.04. The van der Waals surface area contributed by atoms with Crippen LogP contribution in [0, 0.1) is 0 Å². The molecule has 0 fully saturated rings. The maximum atomic E-state index is 11.9. The van der Waals surface area contributed by atoms with E-state index >= 15 is 0 Å². The van der Waals surface area contributed by atoms with E-state index in [1.165, 1.54) is 0 Å². The number of rotatable bonds is 3.